The van der Waals surface area contributed by atoms with Crippen molar-refractivity contribution in [3.05, 3.63) is 52.2 Å². The lowest BCUT2D eigenvalue weighted by Gasteiger charge is -2.06. The summed E-state index contributed by atoms with van der Waals surface area (Å²) in [6.45, 7) is 3.23. The number of Topliss-reactive ketones (excluding diaryl/α,β-unsaturated/α-hetero) is 1. The smallest absolute Gasteiger partial charge is 0.220 e. The molecule has 1 aromatic carbocycles. The first-order valence-corrected chi connectivity index (χ1v) is 8.62. The summed E-state index contributed by atoms with van der Waals surface area (Å²) in [4.78, 5) is 25.0. The molecule has 4 nitrogen and oxygen atoms in total. The van der Waals surface area contributed by atoms with Gasteiger partial charge in [-0.15, -0.1) is 11.3 Å². The maximum Gasteiger partial charge on any atom is 0.220 e. The number of nitrogens with one attached hydrogen (secondary N) is 1. The summed E-state index contributed by atoms with van der Waals surface area (Å²) in [5, 5.41) is 4.79. The van der Waals surface area contributed by atoms with Crippen molar-refractivity contribution in [3.8, 4) is 5.75 Å². The molecule has 0 aliphatic heterocycles. The van der Waals surface area contributed by atoms with E-state index in [0.717, 1.165) is 17.0 Å². The number of hydrogen-bond donors (Lipinski definition) is 1. The van der Waals surface area contributed by atoms with E-state index in [1.54, 1.807) is 35.6 Å². The van der Waals surface area contributed by atoms with Crippen LogP contribution in [0.25, 0.3) is 0 Å². The Balaban J connectivity index is 1.74. The Morgan fingerprint density at radius 3 is 2.57 bits per heavy atom. The van der Waals surface area contributed by atoms with Gasteiger partial charge < -0.3 is 10.1 Å². The molecule has 1 heterocycles. The number of benzene rings is 1. The van der Waals surface area contributed by atoms with Crippen LogP contribution < -0.4 is 10.1 Å². The molecular weight excluding hydrogens is 310 g/mol. The van der Waals surface area contributed by atoms with Crippen LogP contribution in [0, 0.1) is 0 Å². The SMILES string of the molecule is CCCOc1ccc(C(=O)CCC(=O)NCc2cccs2)cc1. The molecule has 0 saturated carbocycles. The number of ketones is 1. The molecule has 2 rings (SSSR count). The molecule has 0 atom stereocenters. The zero-order valence-corrected chi connectivity index (χ0v) is 14.0. The van der Waals surface area contributed by atoms with Gasteiger partial charge >= 0.3 is 0 Å². The van der Waals surface area contributed by atoms with Crippen LogP contribution in [0.1, 0.15) is 41.4 Å². The Kier molecular flexibility index (Phi) is 6.81. The Bertz CT molecular complexity index is 620. The number of carbonyl (C=O) groups is 2. The molecule has 2 aromatic rings. The van der Waals surface area contributed by atoms with Crippen molar-refractivity contribution in [3.63, 3.8) is 0 Å². The summed E-state index contributed by atoms with van der Waals surface area (Å²) in [5.74, 6) is 0.630. The fourth-order valence-corrected chi connectivity index (χ4v) is 2.66. The predicted molar refractivity (Wildman–Crippen MR) is 92.0 cm³/mol. The maximum atomic E-state index is 12.1. The molecule has 23 heavy (non-hydrogen) atoms. The molecule has 1 amide bonds. The quantitative estimate of drug-likeness (QED) is 0.711. The summed E-state index contributed by atoms with van der Waals surface area (Å²) in [6.07, 6.45) is 1.37. The lowest BCUT2D eigenvalue weighted by atomic mass is 10.1. The molecule has 0 fully saturated rings. The van der Waals surface area contributed by atoms with Crippen molar-refractivity contribution >= 4 is 23.0 Å². The predicted octanol–water partition coefficient (Wildman–Crippen LogP) is 3.82. The van der Waals surface area contributed by atoms with Crippen molar-refractivity contribution in [1.82, 2.24) is 5.32 Å². The summed E-state index contributed by atoms with van der Waals surface area (Å²) in [7, 11) is 0. The second kappa shape index (κ2) is 9.10. The summed E-state index contributed by atoms with van der Waals surface area (Å²) in [6, 6.07) is 11.0. The molecule has 0 aliphatic carbocycles. The van der Waals surface area contributed by atoms with Crippen LogP contribution in [0.3, 0.4) is 0 Å². The standard InChI is InChI=1S/C18H21NO3S/c1-2-11-22-15-7-5-14(6-8-15)17(20)9-10-18(21)19-13-16-4-3-12-23-16/h3-8,12H,2,9-11,13H2,1H3,(H,19,21). The van der Waals surface area contributed by atoms with Crippen molar-refractivity contribution in [1.29, 1.82) is 0 Å². The largest absolute Gasteiger partial charge is 0.494 e. The summed E-state index contributed by atoms with van der Waals surface area (Å²) < 4.78 is 5.48. The van der Waals surface area contributed by atoms with Crippen molar-refractivity contribution < 1.29 is 14.3 Å². The highest BCUT2D eigenvalue weighted by Crippen LogP contribution is 2.14. The lowest BCUT2D eigenvalue weighted by molar-refractivity contribution is -0.121. The summed E-state index contributed by atoms with van der Waals surface area (Å²) >= 11 is 1.60. The number of hydrogen-bond acceptors (Lipinski definition) is 4. The Hall–Kier alpha value is -2.14. The summed E-state index contributed by atoms with van der Waals surface area (Å²) in [5.41, 5.74) is 0.611. The highest BCUT2D eigenvalue weighted by atomic mass is 32.1. The molecule has 1 N–H and O–H groups in total. The second-order valence-electron chi connectivity index (χ2n) is 5.15. The number of amides is 1. The van der Waals surface area contributed by atoms with Crippen LogP contribution in [-0.4, -0.2) is 18.3 Å². The third kappa shape index (κ3) is 5.87. The van der Waals surface area contributed by atoms with E-state index in [2.05, 4.69) is 5.32 Å². The van der Waals surface area contributed by atoms with Crippen LogP contribution in [-0.2, 0) is 11.3 Å². The first kappa shape index (κ1) is 17.2. The van der Waals surface area contributed by atoms with E-state index < -0.39 is 0 Å². The van der Waals surface area contributed by atoms with Gasteiger partial charge in [0, 0.05) is 23.3 Å². The monoisotopic (exact) mass is 331 g/mol. The fraction of sp³-hybridized carbons (Fsp3) is 0.333. The van der Waals surface area contributed by atoms with E-state index >= 15 is 0 Å². The molecule has 0 saturated heterocycles. The molecule has 0 bridgehead atoms. The fourth-order valence-electron chi connectivity index (χ4n) is 2.02. The van der Waals surface area contributed by atoms with Gasteiger partial charge in [-0.2, -0.15) is 0 Å². The topological polar surface area (TPSA) is 55.4 Å². The zero-order valence-electron chi connectivity index (χ0n) is 13.2. The molecule has 0 radical (unpaired) electrons. The molecule has 0 spiro atoms. The van der Waals surface area contributed by atoms with Crippen molar-refractivity contribution in [2.75, 3.05) is 6.61 Å². The molecule has 5 heteroatoms. The molecular formula is C18H21NO3S. The van der Waals surface area contributed by atoms with E-state index in [4.69, 9.17) is 4.74 Å². The van der Waals surface area contributed by atoms with Gasteiger partial charge in [-0.05, 0) is 42.1 Å². The minimum atomic E-state index is -0.102. The van der Waals surface area contributed by atoms with Gasteiger partial charge in [0.2, 0.25) is 5.91 Å². The van der Waals surface area contributed by atoms with Gasteiger partial charge in [-0.25, -0.2) is 0 Å². The van der Waals surface area contributed by atoms with E-state index in [9.17, 15) is 9.59 Å². The minimum Gasteiger partial charge on any atom is -0.494 e. The van der Waals surface area contributed by atoms with Crippen LogP contribution in [0.5, 0.6) is 5.75 Å². The zero-order chi connectivity index (χ0) is 16.5. The van der Waals surface area contributed by atoms with Crippen LogP contribution >= 0.6 is 11.3 Å². The second-order valence-corrected chi connectivity index (χ2v) is 6.18. The normalized spacial score (nSPS) is 10.3. The first-order valence-electron chi connectivity index (χ1n) is 7.74. The number of thiophene rings is 1. The number of carbonyl (C=O) groups excluding carboxylic acids is 2. The third-order valence-electron chi connectivity index (χ3n) is 3.27. The molecule has 0 aliphatic rings. The van der Waals surface area contributed by atoms with Gasteiger partial charge in [-0.1, -0.05) is 13.0 Å². The van der Waals surface area contributed by atoms with Gasteiger partial charge in [0.05, 0.1) is 13.2 Å². The van der Waals surface area contributed by atoms with E-state index in [1.165, 1.54) is 0 Å². The molecule has 1 aromatic heterocycles. The number of rotatable bonds is 9. The average Bonchev–Trinajstić information content (AvgIpc) is 3.10. The molecule has 122 valence electrons. The van der Waals surface area contributed by atoms with Gasteiger partial charge in [0.1, 0.15) is 5.75 Å². The number of ether oxygens (including phenoxy) is 1. The van der Waals surface area contributed by atoms with Gasteiger partial charge in [0.15, 0.2) is 5.78 Å². The van der Waals surface area contributed by atoms with Gasteiger partial charge in [0.25, 0.3) is 0 Å². The Morgan fingerprint density at radius 1 is 1.13 bits per heavy atom. The molecule has 0 unspecified atom stereocenters. The van der Waals surface area contributed by atoms with E-state index in [-0.39, 0.29) is 24.5 Å². The highest BCUT2D eigenvalue weighted by Gasteiger charge is 2.09. The van der Waals surface area contributed by atoms with E-state index in [1.807, 2.05) is 24.4 Å². The maximum absolute atomic E-state index is 12.1. The minimum absolute atomic E-state index is 0.0293. The lowest BCUT2D eigenvalue weighted by Crippen LogP contribution is -2.22. The van der Waals surface area contributed by atoms with Crippen molar-refractivity contribution in [2.45, 2.75) is 32.7 Å². The third-order valence-corrected chi connectivity index (χ3v) is 4.14. The Morgan fingerprint density at radius 2 is 1.91 bits per heavy atom. The Labute approximate surface area is 140 Å². The average molecular weight is 331 g/mol. The van der Waals surface area contributed by atoms with E-state index in [0.29, 0.717) is 18.7 Å². The van der Waals surface area contributed by atoms with Crippen LogP contribution in [0.4, 0.5) is 0 Å². The first-order chi connectivity index (χ1) is 11.2. The highest BCUT2D eigenvalue weighted by molar-refractivity contribution is 7.09. The van der Waals surface area contributed by atoms with Gasteiger partial charge in [-0.3, -0.25) is 9.59 Å². The van der Waals surface area contributed by atoms with Crippen LogP contribution in [0.2, 0.25) is 0 Å². The van der Waals surface area contributed by atoms with Crippen molar-refractivity contribution in [2.24, 2.45) is 0 Å². The van der Waals surface area contributed by atoms with Crippen LogP contribution in [0.15, 0.2) is 41.8 Å².